The molecule has 0 saturated heterocycles. The van der Waals surface area contributed by atoms with Crippen molar-refractivity contribution < 1.29 is 21.6 Å². The number of nitrogens with zero attached hydrogens (tertiary/aromatic N) is 1. The Morgan fingerprint density at radius 1 is 1.27 bits per heavy atom. The number of alkyl halides is 3. The summed E-state index contributed by atoms with van der Waals surface area (Å²) in [4.78, 5) is 0.877. The van der Waals surface area contributed by atoms with Crippen LogP contribution in [0.2, 0.25) is 5.02 Å². The van der Waals surface area contributed by atoms with Gasteiger partial charge in [0.15, 0.2) is 5.69 Å². The number of aryl methyl sites for hydroxylation is 1. The first-order valence-corrected chi connectivity index (χ1v) is 7.63. The van der Waals surface area contributed by atoms with E-state index in [1.54, 1.807) is 12.1 Å². The molecule has 11 heteroatoms. The van der Waals surface area contributed by atoms with Crippen LogP contribution in [0, 0.1) is 6.92 Å². The van der Waals surface area contributed by atoms with Gasteiger partial charge in [0.05, 0.1) is 16.4 Å². The first-order valence-electron chi connectivity index (χ1n) is 5.77. The van der Waals surface area contributed by atoms with Crippen LogP contribution in [0.5, 0.6) is 0 Å². The molecule has 0 atom stereocenters. The standard InChI is InChI=1S/C11H10ClF3N4O2S/c1-6-9(10(18-16-6)11(13,14)15)22(20,21)19-17-8-5-3-2-4-7(8)12/h2-5,17,19H,1H3,(H,16,18). The smallest absolute Gasteiger partial charge is 0.306 e. The highest BCUT2D eigenvalue weighted by atomic mass is 35.5. The van der Waals surface area contributed by atoms with Crippen LogP contribution in [0.3, 0.4) is 0 Å². The Hall–Kier alpha value is -1.78. The van der Waals surface area contributed by atoms with Crippen LogP contribution in [-0.2, 0) is 16.2 Å². The molecule has 0 aliphatic heterocycles. The lowest BCUT2D eigenvalue weighted by atomic mass is 10.3. The molecule has 1 heterocycles. The zero-order chi connectivity index (χ0) is 16.5. The van der Waals surface area contributed by atoms with Gasteiger partial charge in [0.25, 0.3) is 10.0 Å². The summed E-state index contributed by atoms with van der Waals surface area (Å²) in [5.74, 6) is 0. The van der Waals surface area contributed by atoms with Crippen molar-refractivity contribution in [3.05, 3.63) is 40.7 Å². The van der Waals surface area contributed by atoms with Gasteiger partial charge >= 0.3 is 6.18 Å². The third-order valence-corrected chi connectivity index (χ3v) is 4.36. The van der Waals surface area contributed by atoms with Crippen LogP contribution in [0.25, 0.3) is 0 Å². The molecule has 0 aliphatic carbocycles. The molecular formula is C11H10ClF3N4O2S. The van der Waals surface area contributed by atoms with Crippen LogP contribution in [0.4, 0.5) is 18.9 Å². The summed E-state index contributed by atoms with van der Waals surface area (Å²) in [7, 11) is -4.51. The maximum atomic E-state index is 12.8. The summed E-state index contributed by atoms with van der Waals surface area (Å²) >= 11 is 5.82. The van der Waals surface area contributed by atoms with E-state index in [4.69, 9.17) is 11.6 Å². The average Bonchev–Trinajstić information content (AvgIpc) is 2.80. The fraction of sp³-hybridized carbons (Fsp3) is 0.182. The van der Waals surface area contributed by atoms with E-state index in [9.17, 15) is 21.6 Å². The molecule has 22 heavy (non-hydrogen) atoms. The molecule has 2 aromatic rings. The number of H-pyrrole nitrogens is 1. The van der Waals surface area contributed by atoms with Crippen LogP contribution in [0.15, 0.2) is 29.2 Å². The normalized spacial score (nSPS) is 12.4. The third kappa shape index (κ3) is 3.34. The Kier molecular flexibility index (Phi) is 4.36. The van der Waals surface area contributed by atoms with Gasteiger partial charge in [0, 0.05) is 0 Å². The van der Waals surface area contributed by atoms with Gasteiger partial charge in [0.2, 0.25) is 0 Å². The number of para-hydroxylation sites is 1. The van der Waals surface area contributed by atoms with Crippen molar-refractivity contribution in [1.82, 2.24) is 15.0 Å². The Balaban J connectivity index is 2.33. The van der Waals surface area contributed by atoms with Crippen molar-refractivity contribution in [2.24, 2.45) is 0 Å². The van der Waals surface area contributed by atoms with Crippen LogP contribution < -0.4 is 10.3 Å². The van der Waals surface area contributed by atoms with Gasteiger partial charge < -0.3 is 5.43 Å². The maximum absolute atomic E-state index is 12.8. The Bertz CT molecular complexity index is 789. The highest BCUT2D eigenvalue weighted by molar-refractivity contribution is 7.89. The SMILES string of the molecule is Cc1[nH]nc(C(F)(F)F)c1S(=O)(=O)NNc1ccccc1Cl. The monoisotopic (exact) mass is 354 g/mol. The Labute approximate surface area is 128 Å². The van der Waals surface area contributed by atoms with Crippen molar-refractivity contribution >= 4 is 27.3 Å². The molecule has 0 spiro atoms. The van der Waals surface area contributed by atoms with Crippen molar-refractivity contribution in [3.8, 4) is 0 Å². The molecule has 0 bridgehead atoms. The second-order valence-electron chi connectivity index (χ2n) is 4.23. The molecule has 0 radical (unpaired) electrons. The third-order valence-electron chi connectivity index (χ3n) is 2.62. The van der Waals surface area contributed by atoms with Gasteiger partial charge in [-0.15, -0.1) is 4.83 Å². The van der Waals surface area contributed by atoms with Gasteiger partial charge in [-0.05, 0) is 19.1 Å². The highest BCUT2D eigenvalue weighted by Crippen LogP contribution is 2.33. The Morgan fingerprint density at radius 3 is 2.50 bits per heavy atom. The summed E-state index contributed by atoms with van der Waals surface area (Å²) < 4.78 is 62.6. The van der Waals surface area contributed by atoms with Crippen LogP contribution >= 0.6 is 11.6 Å². The first kappa shape index (κ1) is 16.6. The summed E-state index contributed by atoms with van der Waals surface area (Å²) in [6.45, 7) is 1.17. The maximum Gasteiger partial charge on any atom is 0.436 e. The number of hydrazine groups is 1. The molecule has 0 aliphatic rings. The van der Waals surface area contributed by atoms with Crippen LogP contribution in [-0.4, -0.2) is 18.6 Å². The number of hydrogen-bond acceptors (Lipinski definition) is 4. The van der Waals surface area contributed by atoms with Gasteiger partial charge in [-0.2, -0.15) is 18.3 Å². The predicted octanol–water partition coefficient (Wildman–Crippen LogP) is 2.70. The number of halogens is 4. The topological polar surface area (TPSA) is 86.9 Å². The Morgan fingerprint density at radius 2 is 1.91 bits per heavy atom. The van der Waals surface area contributed by atoms with Crippen LogP contribution in [0.1, 0.15) is 11.4 Å². The molecule has 0 fully saturated rings. The lowest BCUT2D eigenvalue weighted by Gasteiger charge is -2.12. The molecule has 1 aromatic carbocycles. The molecule has 1 aromatic heterocycles. The van der Waals surface area contributed by atoms with Crippen molar-refractivity contribution in [3.63, 3.8) is 0 Å². The van der Waals surface area contributed by atoms with E-state index in [0.717, 1.165) is 0 Å². The lowest BCUT2D eigenvalue weighted by Crippen LogP contribution is -2.31. The van der Waals surface area contributed by atoms with E-state index in [2.05, 4.69) is 10.5 Å². The zero-order valence-corrected chi connectivity index (χ0v) is 12.6. The number of aromatic amines is 1. The van der Waals surface area contributed by atoms with Gasteiger partial charge in [-0.25, -0.2) is 8.42 Å². The lowest BCUT2D eigenvalue weighted by molar-refractivity contribution is -0.143. The van der Waals surface area contributed by atoms with Gasteiger partial charge in [-0.3, -0.25) is 5.10 Å². The number of hydrogen-bond donors (Lipinski definition) is 3. The number of rotatable bonds is 4. The number of aromatic nitrogens is 2. The summed E-state index contributed by atoms with van der Waals surface area (Å²) in [5.41, 5.74) is 0.714. The van der Waals surface area contributed by atoms with Crippen molar-refractivity contribution in [2.45, 2.75) is 18.0 Å². The molecular weight excluding hydrogens is 345 g/mol. The second kappa shape index (κ2) is 5.78. The molecule has 2 rings (SSSR count). The minimum Gasteiger partial charge on any atom is -0.306 e. The second-order valence-corrected chi connectivity index (χ2v) is 6.26. The van der Waals surface area contributed by atoms with E-state index in [1.165, 1.54) is 19.1 Å². The zero-order valence-electron chi connectivity index (χ0n) is 11.0. The molecule has 120 valence electrons. The van der Waals surface area contributed by atoms with Crippen molar-refractivity contribution in [2.75, 3.05) is 5.43 Å². The largest absolute Gasteiger partial charge is 0.436 e. The summed E-state index contributed by atoms with van der Waals surface area (Å²) in [5, 5.41) is 5.22. The minimum atomic E-state index is -4.90. The fourth-order valence-electron chi connectivity index (χ4n) is 1.68. The molecule has 0 amide bonds. The molecule has 3 N–H and O–H groups in total. The van der Waals surface area contributed by atoms with E-state index >= 15 is 0 Å². The molecule has 0 unspecified atom stereocenters. The van der Waals surface area contributed by atoms with E-state index in [1.807, 2.05) is 9.93 Å². The summed E-state index contributed by atoms with van der Waals surface area (Å²) in [6, 6.07) is 6.14. The number of nitrogens with one attached hydrogen (secondary N) is 3. The number of benzene rings is 1. The number of sulfonamides is 1. The van der Waals surface area contributed by atoms with Crippen molar-refractivity contribution in [1.29, 1.82) is 0 Å². The first-order chi connectivity index (χ1) is 10.1. The quantitative estimate of drug-likeness (QED) is 0.737. The molecule has 0 saturated carbocycles. The predicted molar refractivity (Wildman–Crippen MR) is 73.7 cm³/mol. The number of anilines is 1. The van der Waals surface area contributed by atoms with E-state index in [-0.39, 0.29) is 16.4 Å². The highest BCUT2D eigenvalue weighted by Gasteiger charge is 2.41. The van der Waals surface area contributed by atoms with Gasteiger partial charge in [0.1, 0.15) is 4.90 Å². The minimum absolute atomic E-state index is 0.197. The van der Waals surface area contributed by atoms with E-state index in [0.29, 0.717) is 0 Å². The van der Waals surface area contributed by atoms with Gasteiger partial charge in [-0.1, -0.05) is 23.7 Å². The van der Waals surface area contributed by atoms with E-state index < -0.39 is 26.8 Å². The summed E-state index contributed by atoms with van der Waals surface area (Å²) in [6.07, 6.45) is -4.90. The molecule has 6 nitrogen and oxygen atoms in total. The fourth-order valence-corrected chi connectivity index (χ4v) is 3.07. The average molecular weight is 355 g/mol.